The average Bonchev–Trinajstić information content (AvgIpc) is 3.00. The SMILES string of the molecule is C[C@H](OC[C@H](C)NC1CCC(Nc2cc(-c3cccc(NCC4(C#N)CCOCC4)n3)c(Cl)cn2)CC1)C(=O)OC(C)(C)C. The van der Waals surface area contributed by atoms with Crippen molar-refractivity contribution in [2.45, 2.75) is 103 Å². The lowest BCUT2D eigenvalue weighted by Crippen LogP contribution is -2.44. The molecule has 11 heteroatoms. The van der Waals surface area contributed by atoms with E-state index in [-0.39, 0.29) is 12.0 Å². The smallest absolute Gasteiger partial charge is 0.335 e. The second-order valence-electron chi connectivity index (χ2n) is 13.1. The molecule has 0 amide bonds. The van der Waals surface area contributed by atoms with Crippen molar-refractivity contribution in [2.24, 2.45) is 5.41 Å². The normalized spacial score (nSPS) is 21.5. The summed E-state index contributed by atoms with van der Waals surface area (Å²) in [6.07, 6.45) is 6.54. The molecule has 1 saturated heterocycles. The van der Waals surface area contributed by atoms with Crippen LogP contribution < -0.4 is 16.0 Å². The van der Waals surface area contributed by atoms with Crippen molar-refractivity contribution in [3.05, 3.63) is 35.5 Å². The molecule has 10 nitrogen and oxygen atoms in total. The summed E-state index contributed by atoms with van der Waals surface area (Å²) < 4.78 is 16.6. The Labute approximate surface area is 266 Å². The molecule has 3 N–H and O–H groups in total. The first-order valence-corrected chi connectivity index (χ1v) is 16.1. The Morgan fingerprint density at radius 1 is 1.16 bits per heavy atom. The molecule has 3 heterocycles. The van der Waals surface area contributed by atoms with E-state index in [9.17, 15) is 10.1 Å². The predicted octanol–water partition coefficient (Wildman–Crippen LogP) is 5.98. The van der Waals surface area contributed by atoms with Gasteiger partial charge in [-0.3, -0.25) is 0 Å². The van der Waals surface area contributed by atoms with Crippen LogP contribution in [0.15, 0.2) is 30.5 Å². The molecule has 2 aromatic rings. The van der Waals surface area contributed by atoms with Crippen LogP contribution in [0, 0.1) is 16.7 Å². The monoisotopic (exact) mass is 626 g/mol. The van der Waals surface area contributed by atoms with Crippen molar-refractivity contribution in [3.8, 4) is 17.3 Å². The number of esters is 1. The van der Waals surface area contributed by atoms with Gasteiger partial charge in [0.2, 0.25) is 0 Å². The zero-order valence-electron chi connectivity index (χ0n) is 26.6. The quantitative estimate of drug-likeness (QED) is 0.242. The van der Waals surface area contributed by atoms with Gasteiger partial charge in [-0.25, -0.2) is 14.8 Å². The minimum Gasteiger partial charge on any atom is -0.458 e. The topological polar surface area (TPSA) is 130 Å². The zero-order valence-corrected chi connectivity index (χ0v) is 27.4. The summed E-state index contributed by atoms with van der Waals surface area (Å²) in [6, 6.07) is 11.0. The number of nitriles is 1. The van der Waals surface area contributed by atoms with Crippen LogP contribution in [0.25, 0.3) is 11.3 Å². The minimum atomic E-state index is -0.600. The van der Waals surface area contributed by atoms with Crippen LogP contribution in [0.5, 0.6) is 0 Å². The number of anilines is 2. The molecule has 0 aromatic carbocycles. The van der Waals surface area contributed by atoms with E-state index in [4.69, 9.17) is 30.8 Å². The Balaban J connectivity index is 1.26. The van der Waals surface area contributed by atoms with Crippen molar-refractivity contribution in [1.29, 1.82) is 5.26 Å². The number of halogens is 1. The molecule has 240 valence electrons. The number of carbonyl (C=O) groups excluding carboxylic acids is 1. The third-order valence-corrected chi connectivity index (χ3v) is 8.41. The highest BCUT2D eigenvalue weighted by molar-refractivity contribution is 6.33. The van der Waals surface area contributed by atoms with Gasteiger partial charge in [-0.15, -0.1) is 0 Å². The minimum absolute atomic E-state index is 0.120. The van der Waals surface area contributed by atoms with Crippen molar-refractivity contribution < 1.29 is 19.0 Å². The number of carbonyl (C=O) groups is 1. The molecular formula is C33H47ClN6O4. The molecular weight excluding hydrogens is 580 g/mol. The number of hydrogen-bond donors (Lipinski definition) is 3. The fourth-order valence-corrected chi connectivity index (χ4v) is 5.75. The molecule has 1 aliphatic carbocycles. The van der Waals surface area contributed by atoms with Gasteiger partial charge in [0.05, 0.1) is 28.8 Å². The maximum Gasteiger partial charge on any atom is 0.335 e. The van der Waals surface area contributed by atoms with Crippen LogP contribution >= 0.6 is 11.6 Å². The van der Waals surface area contributed by atoms with E-state index in [1.54, 1.807) is 13.1 Å². The molecule has 2 aromatic heterocycles. The number of pyridine rings is 2. The van der Waals surface area contributed by atoms with Gasteiger partial charge in [-0.1, -0.05) is 17.7 Å². The Bertz CT molecular complexity index is 1280. The molecule has 0 bridgehead atoms. The first-order chi connectivity index (χ1) is 20.9. The second kappa shape index (κ2) is 15.3. The van der Waals surface area contributed by atoms with Crippen LogP contribution in [0.2, 0.25) is 5.02 Å². The highest BCUT2D eigenvalue weighted by Crippen LogP contribution is 2.32. The number of nitrogens with zero attached hydrogens (tertiary/aromatic N) is 3. The summed E-state index contributed by atoms with van der Waals surface area (Å²) in [7, 11) is 0. The Morgan fingerprint density at radius 3 is 2.55 bits per heavy atom. The van der Waals surface area contributed by atoms with Crippen molar-refractivity contribution in [2.75, 3.05) is 37.0 Å². The van der Waals surface area contributed by atoms with Gasteiger partial charge in [-0.2, -0.15) is 5.26 Å². The molecule has 1 saturated carbocycles. The largest absolute Gasteiger partial charge is 0.458 e. The summed E-state index contributed by atoms with van der Waals surface area (Å²) >= 11 is 6.58. The maximum atomic E-state index is 12.2. The summed E-state index contributed by atoms with van der Waals surface area (Å²) in [5.41, 5.74) is 0.580. The van der Waals surface area contributed by atoms with Crippen LogP contribution in [0.3, 0.4) is 0 Å². The predicted molar refractivity (Wildman–Crippen MR) is 173 cm³/mol. The third-order valence-electron chi connectivity index (χ3n) is 8.11. The van der Waals surface area contributed by atoms with E-state index < -0.39 is 17.1 Å². The standard InChI is InChI=1S/C33H47ClN6O4/c1-22(19-43-23(2)31(41)44-32(3,4)5)38-24-9-11-25(12-10-24)39-30-17-26(27(34)18-36-30)28-7-6-8-29(40-28)37-21-33(20-35)13-15-42-16-14-33/h6-8,17-18,22-25,38H,9-16,19,21H2,1-5H3,(H,36,39)(H,37,40)/t22-,23-,24?,25?/m0/s1. The number of ether oxygens (including phenoxy) is 3. The lowest BCUT2D eigenvalue weighted by Gasteiger charge is -2.32. The van der Waals surface area contributed by atoms with Gasteiger partial charge in [0, 0.05) is 49.6 Å². The van der Waals surface area contributed by atoms with Crippen LogP contribution in [0.4, 0.5) is 11.6 Å². The molecule has 0 radical (unpaired) electrons. The van der Waals surface area contributed by atoms with Gasteiger partial charge in [0.1, 0.15) is 17.2 Å². The highest BCUT2D eigenvalue weighted by Gasteiger charge is 2.32. The van der Waals surface area contributed by atoms with Crippen molar-refractivity contribution >= 4 is 29.2 Å². The fraction of sp³-hybridized carbons (Fsp3) is 0.636. The molecule has 44 heavy (non-hydrogen) atoms. The van der Waals surface area contributed by atoms with E-state index in [1.165, 1.54) is 0 Å². The highest BCUT2D eigenvalue weighted by atomic mass is 35.5. The Morgan fingerprint density at radius 2 is 1.86 bits per heavy atom. The fourth-order valence-electron chi connectivity index (χ4n) is 5.55. The van der Waals surface area contributed by atoms with Crippen molar-refractivity contribution in [1.82, 2.24) is 15.3 Å². The Kier molecular flexibility index (Phi) is 11.8. The first-order valence-electron chi connectivity index (χ1n) is 15.7. The number of rotatable bonds is 12. The van der Waals surface area contributed by atoms with Crippen LogP contribution in [-0.2, 0) is 19.0 Å². The van der Waals surface area contributed by atoms with E-state index >= 15 is 0 Å². The molecule has 2 fully saturated rings. The van der Waals surface area contributed by atoms with E-state index in [0.29, 0.717) is 62.1 Å². The first kappa shape index (κ1) is 33.9. The second-order valence-corrected chi connectivity index (χ2v) is 13.5. The zero-order chi connectivity index (χ0) is 31.7. The summed E-state index contributed by atoms with van der Waals surface area (Å²) in [5.74, 6) is 1.13. The molecule has 2 atom stereocenters. The molecule has 1 aliphatic heterocycles. The number of aromatic nitrogens is 2. The van der Waals surface area contributed by atoms with Gasteiger partial charge >= 0.3 is 5.97 Å². The lowest BCUT2D eigenvalue weighted by atomic mass is 9.82. The van der Waals surface area contributed by atoms with Gasteiger partial charge in [0.15, 0.2) is 6.10 Å². The molecule has 2 aliphatic rings. The number of hydrogen-bond acceptors (Lipinski definition) is 10. The van der Waals surface area contributed by atoms with Crippen LogP contribution in [-0.4, -0.2) is 72.1 Å². The lowest BCUT2D eigenvalue weighted by molar-refractivity contribution is -0.167. The Hall–Kier alpha value is -2.97. The maximum absolute atomic E-state index is 12.2. The van der Waals surface area contributed by atoms with E-state index in [2.05, 4.69) is 33.9 Å². The molecule has 4 rings (SSSR count). The van der Waals surface area contributed by atoms with Crippen LogP contribution in [0.1, 0.15) is 73.1 Å². The van der Waals surface area contributed by atoms with E-state index in [0.717, 1.165) is 42.8 Å². The van der Waals surface area contributed by atoms with E-state index in [1.807, 2.05) is 45.0 Å². The average molecular weight is 627 g/mol. The summed E-state index contributed by atoms with van der Waals surface area (Å²) in [6.45, 7) is 11.5. The summed E-state index contributed by atoms with van der Waals surface area (Å²) in [5, 5.41) is 20.9. The molecule has 0 spiro atoms. The van der Waals surface area contributed by atoms with Gasteiger partial charge in [-0.05, 0) is 91.3 Å². The molecule has 0 unspecified atom stereocenters. The summed E-state index contributed by atoms with van der Waals surface area (Å²) in [4.78, 5) is 21.5. The number of nitrogens with one attached hydrogen (secondary N) is 3. The van der Waals surface area contributed by atoms with Crippen molar-refractivity contribution in [3.63, 3.8) is 0 Å². The third kappa shape index (κ3) is 10.0. The van der Waals surface area contributed by atoms with Gasteiger partial charge in [0.25, 0.3) is 0 Å². The van der Waals surface area contributed by atoms with Gasteiger partial charge < -0.3 is 30.2 Å².